The van der Waals surface area contributed by atoms with E-state index < -0.39 is 0 Å². The summed E-state index contributed by atoms with van der Waals surface area (Å²) in [6, 6.07) is 13.5. The highest BCUT2D eigenvalue weighted by Crippen LogP contribution is 2.33. The molecule has 0 unspecified atom stereocenters. The van der Waals surface area contributed by atoms with Gasteiger partial charge in [0.05, 0.1) is 35.2 Å². The summed E-state index contributed by atoms with van der Waals surface area (Å²) in [5.41, 5.74) is 3.49. The molecule has 5 nitrogen and oxygen atoms in total. The van der Waals surface area contributed by atoms with Gasteiger partial charge < -0.3 is 19.9 Å². The molecule has 2 aliphatic heterocycles. The Hall–Kier alpha value is -2.24. The first kappa shape index (κ1) is 18.1. The van der Waals surface area contributed by atoms with Gasteiger partial charge in [-0.3, -0.25) is 4.79 Å². The molecule has 2 saturated heterocycles. The molecule has 6 heteroatoms. The van der Waals surface area contributed by atoms with Gasteiger partial charge in [-0.25, -0.2) is 0 Å². The molecule has 2 aliphatic rings. The van der Waals surface area contributed by atoms with Crippen LogP contribution in [0.2, 0.25) is 5.02 Å². The largest absolute Gasteiger partial charge is 0.378 e. The van der Waals surface area contributed by atoms with Crippen molar-refractivity contribution < 1.29 is 9.53 Å². The number of nitrogens with one attached hydrogen (secondary N) is 1. The van der Waals surface area contributed by atoms with Crippen molar-refractivity contribution in [2.75, 3.05) is 54.5 Å². The average molecular weight is 386 g/mol. The molecule has 0 radical (unpaired) electrons. The molecule has 0 atom stereocenters. The first-order valence-electron chi connectivity index (χ1n) is 9.50. The number of hydrogen-bond donors (Lipinski definition) is 1. The van der Waals surface area contributed by atoms with E-state index in [-0.39, 0.29) is 5.91 Å². The molecular formula is C21H24ClN3O2. The Labute approximate surface area is 164 Å². The Morgan fingerprint density at radius 1 is 0.963 bits per heavy atom. The number of amides is 1. The maximum Gasteiger partial charge on any atom is 0.257 e. The summed E-state index contributed by atoms with van der Waals surface area (Å²) >= 11 is 6.21. The molecule has 2 aromatic rings. The van der Waals surface area contributed by atoms with E-state index in [1.807, 2.05) is 12.1 Å². The van der Waals surface area contributed by atoms with Crippen molar-refractivity contribution in [3.05, 3.63) is 53.1 Å². The topological polar surface area (TPSA) is 44.8 Å². The molecule has 142 valence electrons. The normalized spacial score (nSPS) is 17.2. The van der Waals surface area contributed by atoms with Crippen LogP contribution in [-0.4, -0.2) is 45.3 Å². The third-order valence-corrected chi connectivity index (χ3v) is 5.50. The first-order chi connectivity index (χ1) is 13.2. The number of nitrogens with zero attached hydrogens (tertiary/aromatic N) is 2. The fourth-order valence-corrected chi connectivity index (χ4v) is 3.93. The van der Waals surface area contributed by atoms with E-state index in [9.17, 15) is 4.79 Å². The van der Waals surface area contributed by atoms with E-state index in [1.54, 1.807) is 12.1 Å². The Balaban J connectivity index is 1.65. The Morgan fingerprint density at radius 2 is 1.70 bits per heavy atom. The molecule has 27 heavy (non-hydrogen) atoms. The molecule has 2 heterocycles. The molecule has 0 aliphatic carbocycles. The Kier molecular flexibility index (Phi) is 5.50. The Morgan fingerprint density at radius 3 is 2.44 bits per heavy atom. The summed E-state index contributed by atoms with van der Waals surface area (Å²) in [6.07, 6.45) is 2.43. The summed E-state index contributed by atoms with van der Waals surface area (Å²) < 4.78 is 5.48. The smallest absolute Gasteiger partial charge is 0.257 e. The minimum Gasteiger partial charge on any atom is -0.378 e. The fourth-order valence-electron chi connectivity index (χ4n) is 3.71. The van der Waals surface area contributed by atoms with E-state index >= 15 is 0 Å². The van der Waals surface area contributed by atoms with E-state index in [0.29, 0.717) is 23.8 Å². The van der Waals surface area contributed by atoms with Crippen LogP contribution in [0.15, 0.2) is 42.5 Å². The number of rotatable bonds is 4. The van der Waals surface area contributed by atoms with Crippen LogP contribution in [0, 0.1) is 0 Å². The molecule has 0 bridgehead atoms. The van der Waals surface area contributed by atoms with Crippen LogP contribution in [0.4, 0.5) is 17.1 Å². The molecule has 0 saturated carbocycles. The third-order valence-electron chi connectivity index (χ3n) is 5.17. The van der Waals surface area contributed by atoms with Gasteiger partial charge in [-0.2, -0.15) is 0 Å². The van der Waals surface area contributed by atoms with Gasteiger partial charge in [0, 0.05) is 31.9 Å². The number of carbonyl (C=O) groups is 1. The highest BCUT2D eigenvalue weighted by atomic mass is 35.5. The van der Waals surface area contributed by atoms with Crippen molar-refractivity contribution >= 4 is 34.6 Å². The number of hydrogen-bond acceptors (Lipinski definition) is 4. The van der Waals surface area contributed by atoms with Crippen LogP contribution in [0.5, 0.6) is 0 Å². The predicted octanol–water partition coefficient (Wildman–Crippen LogP) is 4.03. The lowest BCUT2D eigenvalue weighted by molar-refractivity contribution is 0.102. The van der Waals surface area contributed by atoms with E-state index in [4.69, 9.17) is 16.3 Å². The lowest BCUT2D eigenvalue weighted by Gasteiger charge is -2.31. The van der Waals surface area contributed by atoms with Gasteiger partial charge in [-0.15, -0.1) is 0 Å². The van der Waals surface area contributed by atoms with Gasteiger partial charge in [0.15, 0.2) is 0 Å². The van der Waals surface area contributed by atoms with Crippen molar-refractivity contribution in [3.8, 4) is 0 Å². The third kappa shape index (κ3) is 4.04. The van der Waals surface area contributed by atoms with Gasteiger partial charge in [0.2, 0.25) is 0 Å². The van der Waals surface area contributed by atoms with Crippen molar-refractivity contribution in [3.63, 3.8) is 0 Å². The van der Waals surface area contributed by atoms with Gasteiger partial charge in [0.1, 0.15) is 0 Å². The number of benzene rings is 2. The van der Waals surface area contributed by atoms with Crippen molar-refractivity contribution in [1.29, 1.82) is 0 Å². The summed E-state index contributed by atoms with van der Waals surface area (Å²) in [5, 5.41) is 3.55. The zero-order chi connectivity index (χ0) is 18.6. The van der Waals surface area contributed by atoms with E-state index in [0.717, 1.165) is 43.2 Å². The quantitative estimate of drug-likeness (QED) is 0.863. The molecule has 2 fully saturated rings. The summed E-state index contributed by atoms with van der Waals surface area (Å²) in [6.45, 7) is 5.16. The molecular weight excluding hydrogens is 362 g/mol. The molecule has 0 aromatic heterocycles. The average Bonchev–Trinajstić information content (AvgIpc) is 3.24. The molecule has 2 aromatic carbocycles. The van der Waals surface area contributed by atoms with Crippen LogP contribution in [0.1, 0.15) is 23.2 Å². The van der Waals surface area contributed by atoms with E-state index in [1.165, 1.54) is 12.8 Å². The number of halogens is 1. The van der Waals surface area contributed by atoms with E-state index in [2.05, 4.69) is 33.3 Å². The van der Waals surface area contributed by atoms with Crippen molar-refractivity contribution in [2.24, 2.45) is 0 Å². The Bertz CT molecular complexity index is 815. The van der Waals surface area contributed by atoms with Gasteiger partial charge in [0.25, 0.3) is 5.91 Å². The van der Waals surface area contributed by atoms with Crippen LogP contribution < -0.4 is 15.1 Å². The molecule has 0 spiro atoms. The van der Waals surface area contributed by atoms with Crippen LogP contribution >= 0.6 is 11.6 Å². The number of ether oxygens (including phenoxy) is 1. The lowest BCUT2D eigenvalue weighted by atomic mass is 10.1. The lowest BCUT2D eigenvalue weighted by Crippen LogP contribution is -2.36. The number of anilines is 3. The summed E-state index contributed by atoms with van der Waals surface area (Å²) in [7, 11) is 0. The van der Waals surface area contributed by atoms with Crippen molar-refractivity contribution in [2.45, 2.75) is 12.8 Å². The second-order valence-electron chi connectivity index (χ2n) is 6.93. The molecule has 1 amide bonds. The molecule has 4 rings (SSSR count). The van der Waals surface area contributed by atoms with Gasteiger partial charge in [-0.05, 0) is 43.2 Å². The van der Waals surface area contributed by atoms with Crippen LogP contribution in [0.3, 0.4) is 0 Å². The van der Waals surface area contributed by atoms with Gasteiger partial charge >= 0.3 is 0 Å². The SMILES string of the molecule is O=C(Nc1cc(N2CCCC2)ccc1N1CCOCC1)c1ccccc1Cl. The maximum atomic E-state index is 12.9. The summed E-state index contributed by atoms with van der Waals surface area (Å²) in [4.78, 5) is 17.5. The summed E-state index contributed by atoms with van der Waals surface area (Å²) in [5.74, 6) is -0.186. The first-order valence-corrected chi connectivity index (χ1v) is 9.88. The zero-order valence-corrected chi connectivity index (χ0v) is 16.0. The second-order valence-corrected chi connectivity index (χ2v) is 7.34. The van der Waals surface area contributed by atoms with Gasteiger partial charge in [-0.1, -0.05) is 23.7 Å². The maximum absolute atomic E-state index is 12.9. The standard InChI is InChI=1S/C21H24ClN3O2/c22-18-6-2-1-5-17(18)21(26)23-19-15-16(24-9-3-4-10-24)7-8-20(19)25-11-13-27-14-12-25/h1-2,5-8,15H,3-4,9-14H2,(H,23,26). The number of morpholine rings is 1. The van der Waals surface area contributed by atoms with Crippen molar-refractivity contribution in [1.82, 2.24) is 0 Å². The minimum atomic E-state index is -0.186. The van der Waals surface area contributed by atoms with Crippen LogP contribution in [-0.2, 0) is 4.74 Å². The second kappa shape index (κ2) is 8.19. The highest BCUT2D eigenvalue weighted by molar-refractivity contribution is 6.34. The fraction of sp³-hybridized carbons (Fsp3) is 0.381. The predicted molar refractivity (Wildman–Crippen MR) is 110 cm³/mol. The van der Waals surface area contributed by atoms with Crippen LogP contribution in [0.25, 0.3) is 0 Å². The molecule has 1 N–H and O–H groups in total. The monoisotopic (exact) mass is 385 g/mol. The highest BCUT2D eigenvalue weighted by Gasteiger charge is 2.20. The zero-order valence-electron chi connectivity index (χ0n) is 15.3. The minimum absolute atomic E-state index is 0.186. The number of carbonyl (C=O) groups excluding carboxylic acids is 1.